The summed E-state index contributed by atoms with van der Waals surface area (Å²) in [7, 11) is -2.43. The second kappa shape index (κ2) is 11.1. The first-order valence-electron chi connectivity index (χ1n) is 11.6. The Hall–Kier alpha value is -3.52. The molecule has 2 heterocycles. The number of halogens is 4. The van der Waals surface area contributed by atoms with E-state index in [9.17, 15) is 26.6 Å². The normalized spacial score (nSPS) is 16.1. The quantitative estimate of drug-likeness (QED) is 0.416. The molecule has 204 valence electrons. The Morgan fingerprint density at radius 3 is 2.66 bits per heavy atom. The monoisotopic (exact) mass is 555 g/mol. The van der Waals surface area contributed by atoms with Crippen LogP contribution in [-0.4, -0.2) is 63.6 Å². The fraction of sp³-hybridized carbons (Fsp3) is 0.375. The van der Waals surface area contributed by atoms with Crippen LogP contribution in [0.3, 0.4) is 0 Å². The van der Waals surface area contributed by atoms with Crippen molar-refractivity contribution in [1.29, 1.82) is 0 Å². The van der Waals surface area contributed by atoms with Crippen LogP contribution in [0.15, 0.2) is 41.0 Å². The van der Waals surface area contributed by atoms with Crippen molar-refractivity contribution in [2.24, 2.45) is 4.36 Å². The largest absolute Gasteiger partial charge is 0.479 e. The van der Waals surface area contributed by atoms with Gasteiger partial charge in [-0.1, -0.05) is 0 Å². The van der Waals surface area contributed by atoms with E-state index >= 15 is 0 Å². The lowest BCUT2D eigenvalue weighted by Crippen LogP contribution is -2.41. The predicted octanol–water partition coefficient (Wildman–Crippen LogP) is 4.40. The van der Waals surface area contributed by atoms with E-state index in [4.69, 9.17) is 9.47 Å². The first-order valence-corrected chi connectivity index (χ1v) is 13.4. The van der Waals surface area contributed by atoms with Crippen molar-refractivity contribution in [2.45, 2.75) is 26.1 Å². The predicted molar refractivity (Wildman–Crippen MR) is 134 cm³/mol. The zero-order valence-electron chi connectivity index (χ0n) is 20.5. The number of rotatable bonds is 7. The molecule has 38 heavy (non-hydrogen) atoms. The lowest BCUT2D eigenvalue weighted by Gasteiger charge is -2.19. The molecule has 4 rings (SSSR count). The second-order valence-electron chi connectivity index (χ2n) is 8.62. The van der Waals surface area contributed by atoms with Crippen molar-refractivity contribution in [3.05, 3.63) is 48.0 Å². The standard InChI is InChI=1S/C24H25F4N5O4S/c1-14-9-17(33-38(35)7-5-36-6-8-38)11-19-21(14)22(31-13-30-19)32-18-4-3-16(25)10-20(18)37-15(2)23(34)29-12-24(26,27)28/h3-4,9-11,13,15H,5-8,12H2,1-2H3,(H,29,34)(H,30,31,32)/t15-/m1/s1. The molecule has 1 aliphatic heterocycles. The highest BCUT2D eigenvalue weighted by atomic mass is 32.2. The van der Waals surface area contributed by atoms with Crippen LogP contribution in [0, 0.1) is 12.7 Å². The Morgan fingerprint density at radius 1 is 1.21 bits per heavy atom. The van der Waals surface area contributed by atoms with E-state index in [-0.39, 0.29) is 11.4 Å². The third-order valence-corrected chi connectivity index (χ3v) is 7.77. The molecule has 1 saturated heterocycles. The van der Waals surface area contributed by atoms with Crippen molar-refractivity contribution < 1.29 is 36.0 Å². The molecule has 2 aromatic carbocycles. The number of nitrogens with zero attached hydrogens (tertiary/aromatic N) is 3. The summed E-state index contributed by atoms with van der Waals surface area (Å²) < 4.78 is 79.6. The smallest absolute Gasteiger partial charge is 0.405 e. The number of fused-ring (bicyclic) bond motifs is 1. The minimum absolute atomic E-state index is 0.105. The Labute approximate surface area is 216 Å². The van der Waals surface area contributed by atoms with Gasteiger partial charge >= 0.3 is 6.18 Å². The zero-order valence-corrected chi connectivity index (χ0v) is 21.3. The van der Waals surface area contributed by atoms with Crippen LogP contribution < -0.4 is 15.4 Å². The Bertz CT molecular complexity index is 1460. The highest BCUT2D eigenvalue weighted by molar-refractivity contribution is 7.93. The maximum atomic E-state index is 14.0. The van der Waals surface area contributed by atoms with E-state index in [0.717, 1.165) is 17.7 Å². The summed E-state index contributed by atoms with van der Waals surface area (Å²) in [6.45, 7) is 2.31. The zero-order chi connectivity index (χ0) is 27.5. The van der Waals surface area contributed by atoms with Gasteiger partial charge in [-0.25, -0.2) is 18.6 Å². The van der Waals surface area contributed by atoms with E-state index in [0.29, 0.717) is 47.1 Å². The number of benzene rings is 2. The number of hydrogen-bond acceptors (Lipinski definition) is 8. The molecule has 0 aliphatic carbocycles. The molecule has 0 bridgehead atoms. The molecule has 0 unspecified atom stereocenters. The second-order valence-corrected chi connectivity index (χ2v) is 11.2. The van der Waals surface area contributed by atoms with E-state index in [1.807, 2.05) is 6.92 Å². The maximum absolute atomic E-state index is 14.0. The fourth-order valence-corrected chi connectivity index (χ4v) is 5.42. The molecular weight excluding hydrogens is 530 g/mol. The van der Waals surface area contributed by atoms with Gasteiger partial charge in [0.25, 0.3) is 5.91 Å². The van der Waals surface area contributed by atoms with Gasteiger partial charge in [-0.05, 0) is 43.7 Å². The maximum Gasteiger partial charge on any atom is 0.405 e. The van der Waals surface area contributed by atoms with Crippen molar-refractivity contribution in [2.75, 3.05) is 36.6 Å². The van der Waals surface area contributed by atoms with Crippen LogP contribution in [-0.2, 0) is 19.3 Å². The summed E-state index contributed by atoms with van der Waals surface area (Å²) in [5.74, 6) is -0.765. The third kappa shape index (κ3) is 6.86. The Balaban J connectivity index is 1.62. The minimum Gasteiger partial charge on any atom is -0.479 e. The van der Waals surface area contributed by atoms with E-state index in [2.05, 4.69) is 19.6 Å². The average molecular weight is 556 g/mol. The summed E-state index contributed by atoms with van der Waals surface area (Å²) in [6, 6.07) is 6.96. The molecule has 2 N–H and O–H groups in total. The molecule has 1 amide bonds. The van der Waals surface area contributed by atoms with Crippen LogP contribution in [0.1, 0.15) is 12.5 Å². The lowest BCUT2D eigenvalue weighted by molar-refractivity contribution is -0.142. The van der Waals surface area contributed by atoms with Crippen LogP contribution >= 0.6 is 0 Å². The van der Waals surface area contributed by atoms with Crippen molar-refractivity contribution in [3.63, 3.8) is 0 Å². The molecule has 0 saturated carbocycles. The summed E-state index contributed by atoms with van der Waals surface area (Å²) in [5.41, 5.74) is 1.97. The van der Waals surface area contributed by atoms with Crippen LogP contribution in [0.5, 0.6) is 5.75 Å². The van der Waals surface area contributed by atoms with Gasteiger partial charge in [0, 0.05) is 11.5 Å². The molecule has 0 spiro atoms. The van der Waals surface area contributed by atoms with Crippen LogP contribution in [0.2, 0.25) is 0 Å². The number of aryl methyl sites for hydroxylation is 1. The number of alkyl halides is 3. The van der Waals surface area contributed by atoms with Gasteiger partial charge in [-0.2, -0.15) is 17.5 Å². The van der Waals surface area contributed by atoms with Gasteiger partial charge in [0.05, 0.1) is 51.3 Å². The molecule has 0 radical (unpaired) electrons. The van der Waals surface area contributed by atoms with Crippen molar-refractivity contribution in [3.8, 4) is 5.75 Å². The number of hydrogen-bond donors (Lipinski definition) is 2. The molecule has 1 fully saturated rings. The van der Waals surface area contributed by atoms with E-state index < -0.39 is 40.3 Å². The third-order valence-electron chi connectivity index (χ3n) is 5.62. The minimum atomic E-state index is -4.58. The number of ether oxygens (including phenoxy) is 2. The van der Waals surface area contributed by atoms with Crippen LogP contribution in [0.25, 0.3) is 10.9 Å². The SMILES string of the molecule is Cc1cc(N=S2(=O)CCOCC2)cc2ncnc(Nc3ccc(F)cc3O[C@H](C)C(=O)NCC(F)(F)F)c12. The van der Waals surface area contributed by atoms with Crippen LogP contribution in [0.4, 0.5) is 34.8 Å². The van der Waals surface area contributed by atoms with E-state index in [1.165, 1.54) is 19.3 Å². The fourth-order valence-electron chi connectivity index (χ4n) is 3.79. The number of anilines is 2. The summed E-state index contributed by atoms with van der Waals surface area (Å²) in [5, 5.41) is 5.38. The average Bonchev–Trinajstić information content (AvgIpc) is 2.83. The molecule has 1 aliphatic rings. The van der Waals surface area contributed by atoms with Gasteiger partial charge in [-0.3, -0.25) is 4.79 Å². The van der Waals surface area contributed by atoms with Gasteiger partial charge < -0.3 is 20.1 Å². The highest BCUT2D eigenvalue weighted by Crippen LogP contribution is 2.34. The number of aromatic nitrogens is 2. The van der Waals surface area contributed by atoms with Crippen molar-refractivity contribution >= 4 is 43.7 Å². The van der Waals surface area contributed by atoms with Gasteiger partial charge in [0.2, 0.25) is 0 Å². The first kappa shape index (κ1) is 27.5. The van der Waals surface area contributed by atoms with Gasteiger partial charge in [0.1, 0.15) is 30.3 Å². The highest BCUT2D eigenvalue weighted by Gasteiger charge is 2.29. The first-order chi connectivity index (χ1) is 17.9. The van der Waals surface area contributed by atoms with Crippen molar-refractivity contribution in [1.82, 2.24) is 15.3 Å². The Morgan fingerprint density at radius 2 is 1.95 bits per heavy atom. The number of amides is 1. The molecule has 14 heteroatoms. The summed E-state index contributed by atoms with van der Waals surface area (Å²) in [6.07, 6.45) is -4.63. The number of carbonyl (C=O) groups excluding carboxylic acids is 1. The molecule has 9 nitrogen and oxygen atoms in total. The molecular formula is C24H25F4N5O4S. The van der Waals surface area contributed by atoms with E-state index in [1.54, 1.807) is 17.4 Å². The van der Waals surface area contributed by atoms with Gasteiger partial charge in [-0.15, -0.1) is 0 Å². The lowest BCUT2D eigenvalue weighted by atomic mass is 10.1. The molecule has 3 aromatic rings. The number of nitrogens with one attached hydrogen (secondary N) is 2. The topological polar surface area (TPSA) is 115 Å². The van der Waals surface area contributed by atoms with Gasteiger partial charge in [0.15, 0.2) is 6.10 Å². The molecule has 1 atom stereocenters. The molecule has 1 aromatic heterocycles. The Kier molecular flexibility index (Phi) is 8.02. The summed E-state index contributed by atoms with van der Waals surface area (Å²) >= 11 is 0. The summed E-state index contributed by atoms with van der Waals surface area (Å²) in [4.78, 5) is 20.6. The number of carbonyl (C=O) groups is 1.